The average Bonchev–Trinajstić information content (AvgIpc) is 2.99. The maximum atomic E-state index is 12.2. The molecule has 3 heterocycles. The number of carbonyl (C=O) groups is 1. The molecule has 1 spiro atoms. The molecule has 25 heavy (non-hydrogen) atoms. The Labute approximate surface area is 146 Å². The average molecular weight is 348 g/mol. The van der Waals surface area contributed by atoms with Gasteiger partial charge in [-0.15, -0.1) is 0 Å². The number of H-pyrrole nitrogens is 1. The van der Waals surface area contributed by atoms with E-state index < -0.39 is 5.91 Å². The van der Waals surface area contributed by atoms with Gasteiger partial charge in [-0.05, 0) is 57.2 Å². The van der Waals surface area contributed by atoms with Crippen molar-refractivity contribution in [3.05, 3.63) is 35.1 Å². The summed E-state index contributed by atoms with van der Waals surface area (Å²) in [4.78, 5) is 13.7. The highest BCUT2D eigenvalue weighted by atomic mass is 19.1. The van der Waals surface area contributed by atoms with Crippen LogP contribution in [0.5, 0.6) is 0 Å². The first kappa shape index (κ1) is 17.7. The number of aromatic amines is 1. The molecule has 2 atom stereocenters. The summed E-state index contributed by atoms with van der Waals surface area (Å²) >= 11 is 0. The molecule has 1 aliphatic carbocycles. The van der Waals surface area contributed by atoms with Gasteiger partial charge in [0.1, 0.15) is 12.1 Å². The van der Waals surface area contributed by atoms with Crippen LogP contribution in [-0.4, -0.2) is 46.7 Å². The summed E-state index contributed by atoms with van der Waals surface area (Å²) < 4.78 is 16.9. The molecule has 6 nitrogen and oxygen atoms in total. The van der Waals surface area contributed by atoms with Crippen LogP contribution in [0.2, 0.25) is 0 Å². The Hall–Kier alpha value is -2.15. The van der Waals surface area contributed by atoms with Gasteiger partial charge in [-0.2, -0.15) is 5.10 Å². The number of primary amides is 1. The molecule has 1 amide bonds. The zero-order valence-corrected chi connectivity index (χ0v) is 14.7. The van der Waals surface area contributed by atoms with E-state index in [1.165, 1.54) is 58.0 Å². The Balaban J connectivity index is 0.000000166. The van der Waals surface area contributed by atoms with Crippen LogP contribution in [-0.2, 0) is 4.74 Å². The molecule has 2 saturated heterocycles. The van der Waals surface area contributed by atoms with Gasteiger partial charge in [-0.1, -0.05) is 0 Å². The number of nitrogens with one attached hydrogen (secondary N) is 1. The van der Waals surface area contributed by atoms with Crippen molar-refractivity contribution in [2.24, 2.45) is 11.7 Å². The van der Waals surface area contributed by atoms with Crippen molar-refractivity contribution in [3.63, 3.8) is 0 Å². The second kappa shape index (κ2) is 7.00. The minimum Gasteiger partial charge on any atom is -0.494 e. The third-order valence-corrected chi connectivity index (χ3v) is 5.86. The number of allylic oxidation sites excluding steroid dienone is 1. The summed E-state index contributed by atoms with van der Waals surface area (Å²) in [5.41, 5.74) is 7.23. The molecule has 3 fully saturated rings. The van der Waals surface area contributed by atoms with Crippen LogP contribution in [0.25, 0.3) is 6.08 Å². The van der Waals surface area contributed by atoms with E-state index in [-0.39, 0.29) is 11.5 Å². The highest BCUT2D eigenvalue weighted by Gasteiger charge is 2.59. The molecule has 4 rings (SSSR count). The molecule has 1 saturated carbocycles. The number of ether oxygens (including phenoxy) is 1. The summed E-state index contributed by atoms with van der Waals surface area (Å²) in [7, 11) is 1.34. The second-order valence-electron chi connectivity index (χ2n) is 6.89. The second-order valence-corrected chi connectivity index (χ2v) is 6.89. The first-order valence-corrected chi connectivity index (χ1v) is 8.64. The Bertz CT molecular complexity index is 692. The number of halogens is 1. The standard InChI is InChI=1S/C10H12FN3O2.C8H13N/c1-6-8(4-3-7(5-11)16-2)9(10(12)15)14-13-6;1-3-8-4-6-9(8)5-2-7(1)8/h3-5H,1-2H3,(H2,12,15)(H,13,14);7H,1-6H2/b4-3-,7-5-;. The van der Waals surface area contributed by atoms with Crippen LogP contribution in [0.1, 0.15) is 47.4 Å². The molecule has 1 aromatic heterocycles. The quantitative estimate of drug-likeness (QED) is 0.647. The van der Waals surface area contributed by atoms with Gasteiger partial charge in [0.05, 0.1) is 7.11 Å². The van der Waals surface area contributed by atoms with Crippen molar-refractivity contribution in [2.45, 2.75) is 38.1 Å². The first-order valence-electron chi connectivity index (χ1n) is 8.64. The number of nitrogens with zero attached hydrogens (tertiary/aromatic N) is 2. The van der Waals surface area contributed by atoms with Crippen molar-refractivity contribution in [1.29, 1.82) is 0 Å². The Morgan fingerprint density at radius 1 is 1.44 bits per heavy atom. The molecule has 3 N–H and O–H groups in total. The van der Waals surface area contributed by atoms with Crippen molar-refractivity contribution >= 4 is 12.0 Å². The van der Waals surface area contributed by atoms with Crippen molar-refractivity contribution in [3.8, 4) is 0 Å². The Morgan fingerprint density at radius 2 is 2.24 bits per heavy atom. The molecule has 0 aromatic carbocycles. The van der Waals surface area contributed by atoms with Gasteiger partial charge in [-0.3, -0.25) is 14.8 Å². The highest BCUT2D eigenvalue weighted by molar-refractivity contribution is 5.95. The lowest BCUT2D eigenvalue weighted by molar-refractivity contribution is -0.0659. The normalized spacial score (nSPS) is 27.6. The molecule has 3 aliphatic rings. The zero-order valence-electron chi connectivity index (χ0n) is 14.7. The van der Waals surface area contributed by atoms with Gasteiger partial charge in [0.15, 0.2) is 5.69 Å². The third kappa shape index (κ3) is 3.08. The lowest BCUT2D eigenvalue weighted by Gasteiger charge is -2.58. The van der Waals surface area contributed by atoms with Crippen LogP contribution in [0.15, 0.2) is 18.2 Å². The fourth-order valence-electron chi connectivity index (χ4n) is 4.19. The lowest BCUT2D eigenvalue weighted by atomic mass is 9.62. The topological polar surface area (TPSA) is 84.2 Å². The summed E-state index contributed by atoms with van der Waals surface area (Å²) in [6.45, 7) is 4.56. The predicted octanol–water partition coefficient (Wildman–Crippen LogP) is 2.53. The third-order valence-electron chi connectivity index (χ3n) is 5.86. The highest BCUT2D eigenvalue weighted by Crippen LogP contribution is 2.57. The number of methoxy groups -OCH3 is 1. The summed E-state index contributed by atoms with van der Waals surface area (Å²) in [6, 6.07) is 0. The summed E-state index contributed by atoms with van der Waals surface area (Å²) in [5, 5.41) is 6.36. The fourth-order valence-corrected chi connectivity index (χ4v) is 4.19. The Kier molecular flexibility index (Phi) is 4.94. The van der Waals surface area contributed by atoms with E-state index in [2.05, 4.69) is 15.1 Å². The Morgan fingerprint density at radius 3 is 2.68 bits per heavy atom. The van der Waals surface area contributed by atoms with E-state index in [0.717, 1.165) is 11.5 Å². The van der Waals surface area contributed by atoms with E-state index >= 15 is 0 Å². The van der Waals surface area contributed by atoms with Gasteiger partial charge in [0.25, 0.3) is 5.91 Å². The lowest BCUT2D eigenvalue weighted by Crippen LogP contribution is -2.63. The molecule has 2 unspecified atom stereocenters. The minimum absolute atomic E-state index is 0.0380. The molecule has 136 valence electrons. The molecular weight excluding hydrogens is 323 g/mol. The molecule has 7 heteroatoms. The number of aryl methyl sites for hydroxylation is 1. The van der Waals surface area contributed by atoms with Crippen molar-refractivity contribution < 1.29 is 13.9 Å². The molecule has 2 aliphatic heterocycles. The molecular formula is C18H25FN4O2. The van der Waals surface area contributed by atoms with Gasteiger partial charge < -0.3 is 10.5 Å². The fraction of sp³-hybridized carbons (Fsp3) is 0.556. The number of nitrogens with two attached hydrogens (primary N) is 1. The zero-order chi connectivity index (χ0) is 18.0. The van der Waals surface area contributed by atoms with Crippen LogP contribution in [0, 0.1) is 12.8 Å². The van der Waals surface area contributed by atoms with E-state index in [9.17, 15) is 9.18 Å². The first-order chi connectivity index (χ1) is 12.0. The summed E-state index contributed by atoms with van der Waals surface area (Å²) in [6.07, 6.45) is 9.31. The summed E-state index contributed by atoms with van der Waals surface area (Å²) in [5.74, 6) is 0.523. The van der Waals surface area contributed by atoms with Gasteiger partial charge >= 0.3 is 0 Å². The van der Waals surface area contributed by atoms with Crippen molar-refractivity contribution in [2.75, 3.05) is 20.2 Å². The smallest absolute Gasteiger partial charge is 0.269 e. The largest absolute Gasteiger partial charge is 0.494 e. The SMILES string of the molecule is C1CN2CCC23CCC13.COC(/C=C\c1c(C(N)=O)n[nH]c1C)=C\F. The van der Waals surface area contributed by atoms with E-state index in [1.807, 2.05) is 0 Å². The number of hydrogen-bond donors (Lipinski definition) is 2. The number of amides is 1. The van der Waals surface area contributed by atoms with E-state index in [0.29, 0.717) is 17.6 Å². The van der Waals surface area contributed by atoms with Gasteiger partial charge in [0, 0.05) is 23.3 Å². The monoisotopic (exact) mass is 348 g/mol. The molecule has 1 aromatic rings. The number of hydrogen-bond acceptors (Lipinski definition) is 4. The van der Waals surface area contributed by atoms with Gasteiger partial charge in [0.2, 0.25) is 0 Å². The number of aromatic nitrogens is 2. The van der Waals surface area contributed by atoms with Crippen LogP contribution >= 0.6 is 0 Å². The van der Waals surface area contributed by atoms with Crippen LogP contribution < -0.4 is 5.73 Å². The van der Waals surface area contributed by atoms with Crippen molar-refractivity contribution in [1.82, 2.24) is 15.1 Å². The minimum atomic E-state index is -0.646. The number of rotatable bonds is 4. The maximum absolute atomic E-state index is 12.2. The van der Waals surface area contributed by atoms with E-state index in [4.69, 9.17) is 10.5 Å². The van der Waals surface area contributed by atoms with Crippen LogP contribution in [0.4, 0.5) is 4.39 Å². The molecule has 0 bridgehead atoms. The van der Waals surface area contributed by atoms with Gasteiger partial charge in [-0.25, -0.2) is 4.39 Å². The molecule has 0 radical (unpaired) electrons. The van der Waals surface area contributed by atoms with Crippen LogP contribution in [0.3, 0.4) is 0 Å². The predicted molar refractivity (Wildman–Crippen MR) is 93.3 cm³/mol. The van der Waals surface area contributed by atoms with E-state index in [1.54, 1.807) is 6.92 Å². The maximum Gasteiger partial charge on any atom is 0.269 e. The number of carbonyl (C=O) groups excluding carboxylic acids is 1.